The zero-order valence-corrected chi connectivity index (χ0v) is 19.0. The molecule has 3 aromatic carbocycles. The molecule has 0 aliphatic rings. The largest absolute Gasteiger partial charge is 0.349 e. The fourth-order valence-electron chi connectivity index (χ4n) is 3.82. The average Bonchev–Trinajstić information content (AvgIpc) is 3.15. The number of rotatable bonds is 4. The van der Waals surface area contributed by atoms with Crippen LogP contribution in [0.4, 0.5) is 4.39 Å². The van der Waals surface area contributed by atoms with Gasteiger partial charge in [0.05, 0.1) is 5.69 Å². The van der Waals surface area contributed by atoms with Crippen molar-refractivity contribution in [3.8, 4) is 5.69 Å². The minimum atomic E-state index is -0.376. The summed E-state index contributed by atoms with van der Waals surface area (Å²) in [5, 5.41) is 1.71. The highest BCUT2D eigenvalue weighted by Crippen LogP contribution is 2.31. The topological polar surface area (TPSA) is 50.7 Å². The molecule has 0 aliphatic heterocycles. The van der Waals surface area contributed by atoms with Crippen molar-refractivity contribution in [2.45, 2.75) is 24.8 Å². The summed E-state index contributed by atoms with van der Waals surface area (Å²) in [6.07, 6.45) is 0. The molecule has 2 aromatic heterocycles. The number of aromatic amines is 1. The molecule has 0 spiro atoms. The van der Waals surface area contributed by atoms with Crippen LogP contribution in [0.2, 0.25) is 5.02 Å². The second kappa shape index (κ2) is 8.11. The number of para-hydroxylation sites is 1. The summed E-state index contributed by atoms with van der Waals surface area (Å²) in [4.78, 5) is 21.8. The van der Waals surface area contributed by atoms with Gasteiger partial charge in [0.15, 0.2) is 5.16 Å². The van der Waals surface area contributed by atoms with Gasteiger partial charge in [-0.15, -0.1) is 0 Å². The van der Waals surface area contributed by atoms with Crippen molar-refractivity contribution in [1.82, 2.24) is 14.5 Å². The third-order valence-electron chi connectivity index (χ3n) is 5.51. The van der Waals surface area contributed by atoms with Crippen molar-refractivity contribution < 1.29 is 4.39 Å². The van der Waals surface area contributed by atoms with Gasteiger partial charge in [0.2, 0.25) is 0 Å². The van der Waals surface area contributed by atoms with Crippen molar-refractivity contribution in [3.63, 3.8) is 0 Å². The molecule has 4 nitrogen and oxygen atoms in total. The van der Waals surface area contributed by atoms with E-state index in [1.54, 1.807) is 16.7 Å². The molecular weight excluding hydrogens is 445 g/mol. The molecule has 7 heteroatoms. The second-order valence-electron chi connectivity index (χ2n) is 7.71. The summed E-state index contributed by atoms with van der Waals surface area (Å²) in [6.45, 7) is 3.94. The lowest BCUT2D eigenvalue weighted by molar-refractivity contribution is 0.617. The Morgan fingerprint density at radius 2 is 1.91 bits per heavy atom. The Morgan fingerprint density at radius 3 is 2.72 bits per heavy atom. The van der Waals surface area contributed by atoms with Crippen molar-refractivity contribution in [1.29, 1.82) is 0 Å². The number of nitrogens with zero attached hydrogens (tertiary/aromatic N) is 2. The standard InChI is InChI=1S/C25H19ClFN3OS/c1-14-10-11-15(2)21(12-14)30-24(31)23-22(16-6-3-4-9-20(16)28-23)29-25(30)32-13-17-18(26)7-5-8-19(17)27/h3-12,28H,13H2,1-2H3. The molecule has 0 fully saturated rings. The zero-order chi connectivity index (χ0) is 22.4. The van der Waals surface area contributed by atoms with Gasteiger partial charge >= 0.3 is 0 Å². The van der Waals surface area contributed by atoms with E-state index in [-0.39, 0.29) is 17.1 Å². The van der Waals surface area contributed by atoms with Gasteiger partial charge in [0.1, 0.15) is 16.9 Å². The number of hydrogen-bond acceptors (Lipinski definition) is 3. The van der Waals surface area contributed by atoms with Crippen LogP contribution in [-0.4, -0.2) is 14.5 Å². The van der Waals surface area contributed by atoms with Crippen molar-refractivity contribution in [3.05, 3.63) is 98.5 Å². The van der Waals surface area contributed by atoms with Crippen LogP contribution in [0.25, 0.3) is 27.6 Å². The summed E-state index contributed by atoms with van der Waals surface area (Å²) < 4.78 is 16.0. The van der Waals surface area contributed by atoms with E-state index in [1.165, 1.54) is 17.8 Å². The monoisotopic (exact) mass is 463 g/mol. The van der Waals surface area contributed by atoms with Gasteiger partial charge in [-0.25, -0.2) is 9.37 Å². The van der Waals surface area contributed by atoms with Crippen LogP contribution in [0.3, 0.4) is 0 Å². The first kappa shape index (κ1) is 20.8. The number of H-pyrrole nitrogens is 1. The molecule has 0 bridgehead atoms. The molecule has 2 heterocycles. The first-order valence-electron chi connectivity index (χ1n) is 10.1. The predicted molar refractivity (Wildman–Crippen MR) is 130 cm³/mol. The highest BCUT2D eigenvalue weighted by atomic mass is 35.5. The number of aryl methyl sites for hydroxylation is 2. The molecule has 1 N–H and O–H groups in total. The first-order chi connectivity index (χ1) is 15.4. The van der Waals surface area contributed by atoms with Gasteiger partial charge in [0, 0.05) is 27.2 Å². The quantitative estimate of drug-likeness (QED) is 0.242. The predicted octanol–water partition coefficient (Wildman–Crippen LogP) is 6.57. The first-order valence-corrected chi connectivity index (χ1v) is 11.5. The van der Waals surface area contributed by atoms with Crippen LogP contribution in [0.15, 0.2) is 70.6 Å². The number of halogens is 2. The summed E-state index contributed by atoms with van der Waals surface area (Å²) in [5.41, 5.74) is 4.82. The molecule has 5 rings (SSSR count). The van der Waals surface area contributed by atoms with Gasteiger partial charge in [-0.2, -0.15) is 0 Å². The Hall–Kier alpha value is -3.09. The van der Waals surface area contributed by atoms with E-state index in [4.69, 9.17) is 16.6 Å². The number of nitrogens with one attached hydrogen (secondary N) is 1. The number of thioether (sulfide) groups is 1. The van der Waals surface area contributed by atoms with E-state index in [1.807, 2.05) is 56.3 Å². The summed E-state index contributed by atoms with van der Waals surface area (Å²) in [6, 6.07) is 18.3. The van der Waals surface area contributed by atoms with Crippen molar-refractivity contribution >= 4 is 45.3 Å². The highest BCUT2D eigenvalue weighted by molar-refractivity contribution is 7.98. The van der Waals surface area contributed by atoms with Crippen LogP contribution in [0, 0.1) is 19.7 Å². The van der Waals surface area contributed by atoms with Gasteiger partial charge in [-0.3, -0.25) is 9.36 Å². The third kappa shape index (κ3) is 3.49. The lowest BCUT2D eigenvalue weighted by Gasteiger charge is -2.15. The molecule has 0 unspecified atom stereocenters. The normalized spacial score (nSPS) is 11.5. The van der Waals surface area contributed by atoms with E-state index in [0.717, 1.165) is 27.7 Å². The molecule has 160 valence electrons. The third-order valence-corrected chi connectivity index (χ3v) is 6.83. The summed E-state index contributed by atoms with van der Waals surface area (Å²) >= 11 is 7.53. The average molecular weight is 464 g/mol. The number of aromatic nitrogens is 3. The molecular formula is C25H19ClFN3OS. The van der Waals surface area contributed by atoms with Crippen molar-refractivity contribution in [2.24, 2.45) is 0 Å². The maximum Gasteiger partial charge on any atom is 0.283 e. The van der Waals surface area contributed by atoms with E-state index < -0.39 is 0 Å². The van der Waals surface area contributed by atoms with Crippen LogP contribution in [0.5, 0.6) is 0 Å². The van der Waals surface area contributed by atoms with E-state index in [0.29, 0.717) is 26.8 Å². The Balaban J connectivity index is 1.76. The van der Waals surface area contributed by atoms with Crippen LogP contribution < -0.4 is 5.56 Å². The Labute approximate surface area is 193 Å². The SMILES string of the molecule is Cc1ccc(C)c(-n2c(SCc3c(F)cccc3Cl)nc3c([nH]c4ccccc43)c2=O)c1. The fraction of sp³-hybridized carbons (Fsp3) is 0.120. The Morgan fingerprint density at radius 1 is 1.09 bits per heavy atom. The van der Waals surface area contributed by atoms with Gasteiger partial charge < -0.3 is 4.98 Å². The lowest BCUT2D eigenvalue weighted by Crippen LogP contribution is -2.22. The molecule has 0 radical (unpaired) electrons. The Kier molecular flexibility index (Phi) is 5.27. The molecule has 0 saturated heterocycles. The van der Waals surface area contributed by atoms with Crippen LogP contribution >= 0.6 is 23.4 Å². The smallest absolute Gasteiger partial charge is 0.283 e. The minimum absolute atomic E-state index is 0.193. The van der Waals surface area contributed by atoms with Crippen LogP contribution in [-0.2, 0) is 5.75 Å². The number of hydrogen-bond donors (Lipinski definition) is 1. The maximum atomic E-state index is 14.4. The molecule has 32 heavy (non-hydrogen) atoms. The molecule has 0 atom stereocenters. The van der Waals surface area contributed by atoms with Crippen LogP contribution in [0.1, 0.15) is 16.7 Å². The molecule has 5 aromatic rings. The Bertz CT molecular complexity index is 1540. The van der Waals surface area contributed by atoms with Crippen molar-refractivity contribution in [2.75, 3.05) is 0 Å². The van der Waals surface area contributed by atoms with Gasteiger partial charge in [0.25, 0.3) is 5.56 Å². The summed E-state index contributed by atoms with van der Waals surface area (Å²) in [5.74, 6) is -0.129. The lowest BCUT2D eigenvalue weighted by atomic mass is 10.1. The summed E-state index contributed by atoms with van der Waals surface area (Å²) in [7, 11) is 0. The molecule has 0 amide bonds. The van der Waals surface area contributed by atoms with E-state index in [2.05, 4.69) is 4.98 Å². The van der Waals surface area contributed by atoms with E-state index >= 15 is 0 Å². The highest BCUT2D eigenvalue weighted by Gasteiger charge is 2.19. The zero-order valence-electron chi connectivity index (χ0n) is 17.4. The number of benzene rings is 3. The van der Waals surface area contributed by atoms with Gasteiger partial charge in [-0.1, -0.05) is 59.8 Å². The second-order valence-corrected chi connectivity index (χ2v) is 9.06. The van der Waals surface area contributed by atoms with Gasteiger partial charge in [-0.05, 0) is 49.2 Å². The van der Waals surface area contributed by atoms with E-state index in [9.17, 15) is 9.18 Å². The molecule has 0 saturated carbocycles. The molecule has 0 aliphatic carbocycles. The fourth-order valence-corrected chi connectivity index (χ4v) is 5.16. The number of fused-ring (bicyclic) bond motifs is 3. The maximum absolute atomic E-state index is 14.4. The minimum Gasteiger partial charge on any atom is -0.349 e.